The Hall–Kier alpha value is -2.79. The SMILES string of the molecule is O=c1ccc2cc3c(=O)[nH]c(=O)[nH]c3n(CC(O)C(O)C(O)CO)c-2c1. The Labute approximate surface area is 145 Å². The van der Waals surface area contributed by atoms with Crippen molar-refractivity contribution in [3.05, 3.63) is 55.3 Å². The Bertz CT molecular complexity index is 1080. The second-order valence-electron chi connectivity index (χ2n) is 5.95. The molecule has 1 aromatic heterocycles. The summed E-state index contributed by atoms with van der Waals surface area (Å²) in [7, 11) is 0. The monoisotopic (exact) mass is 363 g/mol. The number of aromatic amines is 2. The van der Waals surface area contributed by atoms with E-state index in [0.717, 1.165) is 0 Å². The van der Waals surface area contributed by atoms with Crippen molar-refractivity contribution in [3.63, 3.8) is 0 Å². The van der Waals surface area contributed by atoms with Gasteiger partial charge in [-0.3, -0.25) is 19.6 Å². The molecule has 0 saturated heterocycles. The smallest absolute Gasteiger partial charge is 0.327 e. The van der Waals surface area contributed by atoms with E-state index in [2.05, 4.69) is 9.97 Å². The van der Waals surface area contributed by atoms with Crippen LogP contribution in [0.4, 0.5) is 0 Å². The quantitative estimate of drug-likeness (QED) is 0.274. The van der Waals surface area contributed by atoms with Crippen molar-refractivity contribution in [1.29, 1.82) is 0 Å². The summed E-state index contributed by atoms with van der Waals surface area (Å²) in [5, 5.41) is 38.6. The molecule has 3 atom stereocenters. The molecular weight excluding hydrogens is 346 g/mol. The highest BCUT2D eigenvalue weighted by atomic mass is 16.4. The van der Waals surface area contributed by atoms with E-state index >= 15 is 0 Å². The number of aliphatic hydroxyl groups excluding tert-OH is 4. The highest BCUT2D eigenvalue weighted by molar-refractivity contribution is 5.82. The lowest BCUT2D eigenvalue weighted by atomic mass is 10.0. The Morgan fingerprint density at radius 1 is 1.00 bits per heavy atom. The maximum absolute atomic E-state index is 12.1. The fraction of sp³-hybridized carbons (Fsp3) is 0.312. The van der Waals surface area contributed by atoms with Gasteiger partial charge in [0.15, 0.2) is 5.43 Å². The number of aliphatic hydroxyl groups is 4. The van der Waals surface area contributed by atoms with E-state index in [1.165, 1.54) is 28.8 Å². The molecule has 3 unspecified atom stereocenters. The van der Waals surface area contributed by atoms with Crippen molar-refractivity contribution < 1.29 is 20.4 Å². The topological polar surface area (TPSA) is 169 Å². The fourth-order valence-electron chi connectivity index (χ4n) is 2.84. The van der Waals surface area contributed by atoms with E-state index in [-0.39, 0.29) is 23.0 Å². The summed E-state index contributed by atoms with van der Waals surface area (Å²) in [6.45, 7) is -1.12. The van der Waals surface area contributed by atoms with Gasteiger partial charge < -0.3 is 25.0 Å². The van der Waals surface area contributed by atoms with E-state index < -0.39 is 36.2 Å². The molecule has 0 bridgehead atoms. The summed E-state index contributed by atoms with van der Waals surface area (Å²) < 4.78 is 1.31. The van der Waals surface area contributed by atoms with Crippen LogP contribution in [-0.4, -0.2) is 59.9 Å². The minimum Gasteiger partial charge on any atom is -0.394 e. The highest BCUT2D eigenvalue weighted by Gasteiger charge is 2.26. The second-order valence-corrected chi connectivity index (χ2v) is 5.95. The maximum atomic E-state index is 12.1. The predicted molar refractivity (Wildman–Crippen MR) is 91.2 cm³/mol. The summed E-state index contributed by atoms with van der Waals surface area (Å²) in [6.07, 6.45) is -4.81. The lowest BCUT2D eigenvalue weighted by molar-refractivity contribution is -0.0802. The summed E-state index contributed by atoms with van der Waals surface area (Å²) in [6, 6.07) is 5.54. The molecule has 0 saturated carbocycles. The van der Waals surface area contributed by atoms with Gasteiger partial charge in [0.05, 0.1) is 24.2 Å². The first kappa shape index (κ1) is 18.0. The van der Waals surface area contributed by atoms with Crippen LogP contribution in [-0.2, 0) is 6.54 Å². The third-order valence-electron chi connectivity index (χ3n) is 4.17. The molecule has 1 aromatic rings. The molecule has 0 fully saturated rings. The first-order chi connectivity index (χ1) is 12.3. The summed E-state index contributed by atoms with van der Waals surface area (Å²) in [5.74, 6) is 0. The van der Waals surface area contributed by atoms with Crippen molar-refractivity contribution in [2.75, 3.05) is 6.61 Å². The number of aromatic nitrogens is 3. The van der Waals surface area contributed by atoms with E-state index in [0.29, 0.717) is 11.3 Å². The molecule has 0 aromatic carbocycles. The van der Waals surface area contributed by atoms with Crippen LogP contribution in [0.3, 0.4) is 0 Å². The van der Waals surface area contributed by atoms with Crippen molar-refractivity contribution in [1.82, 2.24) is 14.5 Å². The lowest BCUT2D eigenvalue weighted by Crippen LogP contribution is -2.42. The molecule has 10 heteroatoms. The predicted octanol–water partition coefficient (Wildman–Crippen LogP) is -2.44. The number of rotatable bonds is 5. The van der Waals surface area contributed by atoms with Gasteiger partial charge in [0.2, 0.25) is 0 Å². The molecule has 2 heterocycles. The first-order valence-corrected chi connectivity index (χ1v) is 7.77. The molecule has 1 aliphatic carbocycles. The average Bonchev–Trinajstić information content (AvgIpc) is 2.61. The van der Waals surface area contributed by atoms with Gasteiger partial charge in [0.25, 0.3) is 5.56 Å². The van der Waals surface area contributed by atoms with Crippen LogP contribution < -0.4 is 16.7 Å². The van der Waals surface area contributed by atoms with Gasteiger partial charge >= 0.3 is 5.69 Å². The number of pyridine rings is 1. The van der Waals surface area contributed by atoms with Crippen LogP contribution in [0.5, 0.6) is 0 Å². The van der Waals surface area contributed by atoms with Crippen molar-refractivity contribution in [2.45, 2.75) is 24.9 Å². The van der Waals surface area contributed by atoms with Gasteiger partial charge in [-0.1, -0.05) is 0 Å². The van der Waals surface area contributed by atoms with Crippen molar-refractivity contribution in [3.8, 4) is 11.3 Å². The molecule has 0 spiro atoms. The summed E-state index contributed by atoms with van der Waals surface area (Å²) in [5.41, 5.74) is -0.907. The molecule has 6 N–H and O–H groups in total. The highest BCUT2D eigenvalue weighted by Crippen LogP contribution is 2.25. The lowest BCUT2D eigenvalue weighted by Gasteiger charge is -2.25. The van der Waals surface area contributed by atoms with E-state index in [4.69, 9.17) is 5.11 Å². The number of H-pyrrole nitrogens is 2. The molecule has 0 radical (unpaired) electrons. The molecule has 3 rings (SSSR count). The van der Waals surface area contributed by atoms with Crippen LogP contribution in [0.25, 0.3) is 22.3 Å². The van der Waals surface area contributed by atoms with Crippen LogP contribution in [0, 0.1) is 0 Å². The molecule has 0 amide bonds. The van der Waals surface area contributed by atoms with Crippen LogP contribution in [0.2, 0.25) is 0 Å². The number of nitrogens with one attached hydrogen (secondary N) is 2. The van der Waals surface area contributed by atoms with Gasteiger partial charge in [0.1, 0.15) is 24.0 Å². The Morgan fingerprint density at radius 3 is 2.42 bits per heavy atom. The zero-order valence-corrected chi connectivity index (χ0v) is 13.4. The molecule has 1 aliphatic heterocycles. The molecule has 10 nitrogen and oxygen atoms in total. The van der Waals surface area contributed by atoms with Gasteiger partial charge in [0, 0.05) is 6.07 Å². The second kappa shape index (κ2) is 6.84. The normalized spacial score (nSPS) is 15.2. The van der Waals surface area contributed by atoms with Gasteiger partial charge in [-0.25, -0.2) is 4.79 Å². The number of fused-ring (bicyclic) bond motifs is 2. The van der Waals surface area contributed by atoms with Gasteiger partial charge in [-0.2, -0.15) is 0 Å². The Kier molecular flexibility index (Phi) is 4.74. The number of hydrogen-bond donors (Lipinski definition) is 6. The van der Waals surface area contributed by atoms with Gasteiger partial charge in [-0.05, 0) is 23.8 Å². The number of hydrogen-bond acceptors (Lipinski definition) is 7. The van der Waals surface area contributed by atoms with Crippen molar-refractivity contribution >= 4 is 11.0 Å². The minimum atomic E-state index is -1.68. The number of benzene rings is 1. The minimum absolute atomic E-state index is 0.0431. The summed E-state index contributed by atoms with van der Waals surface area (Å²) in [4.78, 5) is 40.0. The average molecular weight is 363 g/mol. The standard InChI is InChI=1S/C16H17N3O7/c20-6-12(23)13(24)11(22)5-19-10-4-8(21)2-1-7(10)3-9-14(19)17-16(26)18-15(9)25/h1-4,11-13,20,22-24H,5-6H2,(H2,17,18,25,26). The fourth-order valence-corrected chi connectivity index (χ4v) is 2.84. The molecule has 2 aliphatic rings. The molecular formula is C16H17N3O7. The van der Waals surface area contributed by atoms with Crippen LogP contribution >= 0.6 is 0 Å². The zero-order valence-electron chi connectivity index (χ0n) is 13.4. The first-order valence-electron chi connectivity index (χ1n) is 7.77. The Morgan fingerprint density at radius 2 is 1.73 bits per heavy atom. The summed E-state index contributed by atoms with van der Waals surface area (Å²) >= 11 is 0. The Balaban J connectivity index is 2.26. The van der Waals surface area contributed by atoms with Crippen LogP contribution in [0.15, 0.2) is 38.6 Å². The molecule has 26 heavy (non-hydrogen) atoms. The third kappa shape index (κ3) is 3.18. The van der Waals surface area contributed by atoms with Crippen molar-refractivity contribution in [2.24, 2.45) is 0 Å². The maximum Gasteiger partial charge on any atom is 0.327 e. The van der Waals surface area contributed by atoms with E-state index in [9.17, 15) is 29.7 Å². The number of nitrogens with zero attached hydrogens (tertiary/aromatic N) is 1. The van der Waals surface area contributed by atoms with Crippen LogP contribution in [0.1, 0.15) is 0 Å². The molecule has 138 valence electrons. The largest absolute Gasteiger partial charge is 0.394 e. The van der Waals surface area contributed by atoms with Gasteiger partial charge in [-0.15, -0.1) is 0 Å². The third-order valence-corrected chi connectivity index (χ3v) is 4.17. The van der Waals surface area contributed by atoms with E-state index in [1.54, 1.807) is 0 Å². The zero-order chi connectivity index (χ0) is 19.0. The van der Waals surface area contributed by atoms with E-state index in [1.807, 2.05) is 0 Å².